The van der Waals surface area contributed by atoms with E-state index in [-0.39, 0.29) is 11.6 Å². The van der Waals surface area contributed by atoms with Crippen LogP contribution in [-0.4, -0.2) is 20.7 Å². The Kier molecular flexibility index (Phi) is 5.33. The van der Waals surface area contributed by atoms with Crippen LogP contribution in [0.15, 0.2) is 66.7 Å². The van der Waals surface area contributed by atoms with E-state index in [0.29, 0.717) is 27.8 Å². The number of nitrogens with one attached hydrogen (secondary N) is 1. The molecular weight excluding hydrogens is 403 g/mol. The SMILES string of the molecule is Cc1cccc(NC(=O)c2nc(-c3ccc(F)cc3)n(-c3ccc(C)c(Cl)c3)n2)c1. The van der Waals surface area contributed by atoms with E-state index < -0.39 is 5.91 Å². The van der Waals surface area contributed by atoms with Crippen molar-refractivity contribution in [3.05, 3.63) is 94.5 Å². The van der Waals surface area contributed by atoms with E-state index in [2.05, 4.69) is 15.4 Å². The summed E-state index contributed by atoms with van der Waals surface area (Å²) >= 11 is 6.28. The third kappa shape index (κ3) is 4.09. The maximum Gasteiger partial charge on any atom is 0.295 e. The number of carbonyl (C=O) groups is 1. The first kappa shape index (κ1) is 19.8. The first-order chi connectivity index (χ1) is 14.4. The van der Waals surface area contributed by atoms with Crippen molar-refractivity contribution in [2.75, 3.05) is 5.32 Å². The highest BCUT2D eigenvalue weighted by molar-refractivity contribution is 6.31. The molecule has 4 aromatic rings. The van der Waals surface area contributed by atoms with Gasteiger partial charge in [-0.25, -0.2) is 14.1 Å². The number of halogens is 2. The van der Waals surface area contributed by atoms with Crippen LogP contribution < -0.4 is 5.32 Å². The molecule has 0 aliphatic heterocycles. The Morgan fingerprint density at radius 1 is 1.03 bits per heavy atom. The van der Waals surface area contributed by atoms with Crippen molar-refractivity contribution in [2.24, 2.45) is 0 Å². The molecule has 0 saturated carbocycles. The Morgan fingerprint density at radius 3 is 2.50 bits per heavy atom. The Balaban J connectivity index is 1.77. The van der Waals surface area contributed by atoms with Gasteiger partial charge < -0.3 is 5.32 Å². The van der Waals surface area contributed by atoms with Crippen LogP contribution in [0.2, 0.25) is 5.02 Å². The maximum atomic E-state index is 13.4. The highest BCUT2D eigenvalue weighted by Gasteiger charge is 2.19. The van der Waals surface area contributed by atoms with Crippen molar-refractivity contribution in [3.63, 3.8) is 0 Å². The molecule has 7 heteroatoms. The normalized spacial score (nSPS) is 10.8. The van der Waals surface area contributed by atoms with Gasteiger partial charge in [-0.15, -0.1) is 5.10 Å². The van der Waals surface area contributed by atoms with Gasteiger partial charge in [0.1, 0.15) is 5.82 Å². The average Bonchev–Trinajstić information content (AvgIpc) is 3.16. The number of aromatic nitrogens is 3. The lowest BCUT2D eigenvalue weighted by atomic mass is 10.2. The molecule has 0 saturated heterocycles. The second kappa shape index (κ2) is 8.08. The van der Waals surface area contributed by atoms with Crippen LogP contribution in [0.3, 0.4) is 0 Å². The molecule has 0 atom stereocenters. The highest BCUT2D eigenvalue weighted by Crippen LogP contribution is 2.25. The van der Waals surface area contributed by atoms with Gasteiger partial charge in [-0.3, -0.25) is 4.79 Å². The Labute approximate surface area is 178 Å². The molecule has 0 spiro atoms. The van der Waals surface area contributed by atoms with E-state index in [0.717, 1.165) is 11.1 Å². The number of carbonyl (C=O) groups excluding carboxylic acids is 1. The molecule has 150 valence electrons. The largest absolute Gasteiger partial charge is 0.319 e. The second-order valence-corrected chi connectivity index (χ2v) is 7.34. The summed E-state index contributed by atoms with van der Waals surface area (Å²) in [7, 11) is 0. The molecule has 0 bridgehead atoms. The quantitative estimate of drug-likeness (QED) is 0.467. The zero-order valence-electron chi connectivity index (χ0n) is 16.4. The molecule has 0 aliphatic carbocycles. The van der Waals surface area contributed by atoms with Gasteiger partial charge in [0.2, 0.25) is 5.82 Å². The summed E-state index contributed by atoms with van der Waals surface area (Å²) in [5.41, 5.74) is 3.86. The fourth-order valence-corrected chi connectivity index (χ4v) is 3.17. The Morgan fingerprint density at radius 2 is 1.80 bits per heavy atom. The van der Waals surface area contributed by atoms with E-state index in [1.807, 2.05) is 44.2 Å². The summed E-state index contributed by atoms with van der Waals surface area (Å²) in [6.45, 7) is 3.84. The van der Waals surface area contributed by atoms with Gasteiger partial charge in [-0.1, -0.05) is 29.8 Å². The lowest BCUT2D eigenvalue weighted by Gasteiger charge is -2.07. The molecule has 0 aliphatic rings. The minimum absolute atomic E-state index is 0.00692. The number of hydrogen-bond acceptors (Lipinski definition) is 3. The van der Waals surface area contributed by atoms with Crippen molar-refractivity contribution in [2.45, 2.75) is 13.8 Å². The molecular formula is C23H18ClFN4O. The lowest BCUT2D eigenvalue weighted by molar-refractivity contribution is 0.101. The molecule has 5 nitrogen and oxygen atoms in total. The first-order valence-electron chi connectivity index (χ1n) is 9.28. The zero-order valence-corrected chi connectivity index (χ0v) is 17.1. The number of aryl methyl sites for hydroxylation is 2. The summed E-state index contributed by atoms with van der Waals surface area (Å²) in [5, 5.41) is 7.79. The van der Waals surface area contributed by atoms with Gasteiger partial charge >= 0.3 is 0 Å². The van der Waals surface area contributed by atoms with Crippen molar-refractivity contribution in [1.29, 1.82) is 0 Å². The summed E-state index contributed by atoms with van der Waals surface area (Å²) in [6.07, 6.45) is 0. The molecule has 3 aromatic carbocycles. The predicted octanol–water partition coefficient (Wildman–Crippen LogP) is 5.60. The Bertz CT molecular complexity index is 1230. The number of hydrogen-bond donors (Lipinski definition) is 1. The molecule has 1 aromatic heterocycles. The van der Waals surface area contributed by atoms with Gasteiger partial charge in [-0.2, -0.15) is 0 Å². The third-order valence-corrected chi connectivity index (χ3v) is 5.00. The molecule has 0 unspecified atom stereocenters. The van der Waals surface area contributed by atoms with Crippen molar-refractivity contribution in [1.82, 2.24) is 14.8 Å². The minimum Gasteiger partial charge on any atom is -0.319 e. The van der Waals surface area contributed by atoms with Gasteiger partial charge in [0.25, 0.3) is 5.91 Å². The van der Waals surface area contributed by atoms with Crippen molar-refractivity contribution >= 4 is 23.2 Å². The summed E-state index contributed by atoms with van der Waals surface area (Å²) in [6, 6.07) is 18.8. The van der Waals surface area contributed by atoms with Crippen LogP contribution >= 0.6 is 11.6 Å². The van der Waals surface area contributed by atoms with E-state index in [4.69, 9.17) is 11.6 Å². The molecule has 4 rings (SSSR count). The topological polar surface area (TPSA) is 59.8 Å². The van der Waals surface area contributed by atoms with Crippen LogP contribution in [-0.2, 0) is 0 Å². The predicted molar refractivity (Wildman–Crippen MR) is 116 cm³/mol. The third-order valence-electron chi connectivity index (χ3n) is 4.59. The molecule has 0 fully saturated rings. The van der Waals surface area contributed by atoms with Crippen molar-refractivity contribution < 1.29 is 9.18 Å². The summed E-state index contributed by atoms with van der Waals surface area (Å²) in [4.78, 5) is 17.2. The van der Waals surface area contributed by atoms with Crippen molar-refractivity contribution in [3.8, 4) is 17.1 Å². The van der Waals surface area contributed by atoms with Crippen LogP contribution in [0.5, 0.6) is 0 Å². The first-order valence-corrected chi connectivity index (χ1v) is 9.66. The van der Waals surface area contributed by atoms with Gasteiger partial charge in [0, 0.05) is 16.3 Å². The molecule has 30 heavy (non-hydrogen) atoms. The number of anilines is 1. The van der Waals surface area contributed by atoms with Crippen LogP contribution in [0.1, 0.15) is 21.7 Å². The van der Waals surface area contributed by atoms with E-state index in [9.17, 15) is 9.18 Å². The van der Waals surface area contributed by atoms with E-state index in [1.165, 1.54) is 16.8 Å². The standard InChI is InChI=1S/C23H18ClFN4O/c1-14-4-3-5-18(12-14)26-23(30)21-27-22(16-7-9-17(25)10-8-16)29(28-21)19-11-6-15(2)20(24)13-19/h3-13H,1-2H3,(H,26,30). The fourth-order valence-electron chi connectivity index (χ4n) is 3.00. The number of benzene rings is 3. The highest BCUT2D eigenvalue weighted by atomic mass is 35.5. The average molecular weight is 421 g/mol. The summed E-state index contributed by atoms with van der Waals surface area (Å²) in [5.74, 6) is -0.404. The van der Waals surface area contributed by atoms with E-state index >= 15 is 0 Å². The fraction of sp³-hybridized carbons (Fsp3) is 0.0870. The molecule has 1 amide bonds. The van der Waals surface area contributed by atoms with Gasteiger partial charge in [0.05, 0.1) is 5.69 Å². The van der Waals surface area contributed by atoms with Crippen LogP contribution in [0, 0.1) is 19.7 Å². The smallest absolute Gasteiger partial charge is 0.295 e. The van der Waals surface area contributed by atoms with E-state index in [1.54, 1.807) is 24.3 Å². The zero-order chi connectivity index (χ0) is 21.3. The summed E-state index contributed by atoms with van der Waals surface area (Å²) < 4.78 is 14.9. The number of nitrogens with zero attached hydrogens (tertiary/aromatic N) is 3. The molecule has 0 radical (unpaired) electrons. The monoisotopic (exact) mass is 420 g/mol. The second-order valence-electron chi connectivity index (χ2n) is 6.93. The van der Waals surface area contributed by atoms with Crippen LogP contribution in [0.4, 0.5) is 10.1 Å². The molecule has 1 heterocycles. The van der Waals surface area contributed by atoms with Gasteiger partial charge in [-0.05, 0) is 73.5 Å². The minimum atomic E-state index is -0.444. The van der Waals surface area contributed by atoms with Crippen LogP contribution in [0.25, 0.3) is 17.1 Å². The number of amides is 1. The lowest BCUT2D eigenvalue weighted by Crippen LogP contribution is -2.14. The van der Waals surface area contributed by atoms with Gasteiger partial charge in [0.15, 0.2) is 5.82 Å². The maximum absolute atomic E-state index is 13.4. The Hall–Kier alpha value is -3.51. The number of rotatable bonds is 4. The molecule has 1 N–H and O–H groups in total.